The number of nitrogens with one attached hydrogen (secondary N) is 1. The number of carbonyl (C=O) groups is 2. The first-order valence-corrected chi connectivity index (χ1v) is 8.25. The summed E-state index contributed by atoms with van der Waals surface area (Å²) < 4.78 is 5.33. The number of thioether (sulfide) groups is 1. The lowest BCUT2D eigenvalue weighted by molar-refractivity contribution is -0.115. The lowest BCUT2D eigenvalue weighted by atomic mass is 10.1. The van der Waals surface area contributed by atoms with E-state index in [0.29, 0.717) is 11.3 Å². The van der Waals surface area contributed by atoms with Gasteiger partial charge in [-0.3, -0.25) is 4.79 Å². The number of hydrogen-bond acceptors (Lipinski definition) is 4. The van der Waals surface area contributed by atoms with Gasteiger partial charge in [0.15, 0.2) is 0 Å². The van der Waals surface area contributed by atoms with Crippen molar-refractivity contribution in [2.24, 2.45) is 0 Å². The normalized spacial score (nSPS) is 16.4. The number of amides is 1. The van der Waals surface area contributed by atoms with Crippen molar-refractivity contribution in [1.29, 1.82) is 0 Å². The fourth-order valence-electron chi connectivity index (χ4n) is 2.25. The van der Waals surface area contributed by atoms with Gasteiger partial charge < -0.3 is 10.1 Å². The summed E-state index contributed by atoms with van der Waals surface area (Å²) in [5.74, 6) is -0.445. The number of hydrogen-bond donors (Lipinski definition) is 1. The SMILES string of the molecule is Cc1ccc(COC(=O)c2ccc3c(c2)NC(=O)C(C)S3)cc1. The van der Waals surface area contributed by atoms with Gasteiger partial charge in [-0.2, -0.15) is 0 Å². The Kier molecular flexibility index (Phi) is 4.39. The van der Waals surface area contributed by atoms with Crippen molar-refractivity contribution in [2.45, 2.75) is 30.6 Å². The smallest absolute Gasteiger partial charge is 0.338 e. The van der Waals surface area contributed by atoms with Crippen LogP contribution in [-0.4, -0.2) is 17.1 Å². The standard InChI is InChI=1S/C18H17NO3S/c1-11-3-5-13(6-4-11)10-22-18(21)14-7-8-16-15(9-14)19-17(20)12(2)23-16/h3-9,12H,10H2,1-2H3,(H,19,20). The number of aryl methyl sites for hydroxylation is 1. The summed E-state index contributed by atoms with van der Waals surface area (Å²) >= 11 is 1.49. The molecule has 0 spiro atoms. The van der Waals surface area contributed by atoms with Crippen molar-refractivity contribution in [3.8, 4) is 0 Å². The number of anilines is 1. The van der Waals surface area contributed by atoms with Gasteiger partial charge in [0.1, 0.15) is 6.61 Å². The largest absolute Gasteiger partial charge is 0.457 e. The van der Waals surface area contributed by atoms with E-state index in [1.165, 1.54) is 11.8 Å². The quantitative estimate of drug-likeness (QED) is 0.872. The van der Waals surface area contributed by atoms with Crippen molar-refractivity contribution in [1.82, 2.24) is 0 Å². The third kappa shape index (κ3) is 3.56. The maximum absolute atomic E-state index is 12.2. The topological polar surface area (TPSA) is 55.4 Å². The zero-order chi connectivity index (χ0) is 16.4. The number of fused-ring (bicyclic) bond motifs is 1. The van der Waals surface area contributed by atoms with Crippen molar-refractivity contribution in [3.63, 3.8) is 0 Å². The van der Waals surface area contributed by atoms with E-state index in [4.69, 9.17) is 4.74 Å². The molecule has 3 rings (SSSR count). The first kappa shape index (κ1) is 15.6. The molecule has 4 nitrogen and oxygen atoms in total. The Bertz CT molecular complexity index is 755. The molecule has 0 aliphatic carbocycles. The van der Waals surface area contributed by atoms with Gasteiger partial charge in [-0.15, -0.1) is 11.8 Å². The summed E-state index contributed by atoms with van der Waals surface area (Å²) in [6.45, 7) is 4.09. The predicted molar refractivity (Wildman–Crippen MR) is 90.7 cm³/mol. The average Bonchev–Trinajstić information content (AvgIpc) is 2.54. The molecule has 1 N–H and O–H groups in total. The van der Waals surface area contributed by atoms with Crippen molar-refractivity contribution >= 4 is 29.3 Å². The van der Waals surface area contributed by atoms with Gasteiger partial charge in [0, 0.05) is 4.90 Å². The fraction of sp³-hybridized carbons (Fsp3) is 0.222. The zero-order valence-corrected chi connectivity index (χ0v) is 13.8. The second kappa shape index (κ2) is 6.46. The van der Waals surface area contributed by atoms with E-state index in [0.717, 1.165) is 16.0 Å². The molecule has 5 heteroatoms. The van der Waals surface area contributed by atoms with Gasteiger partial charge in [0.25, 0.3) is 0 Å². The molecule has 2 aromatic rings. The Morgan fingerprint density at radius 2 is 1.96 bits per heavy atom. The molecule has 0 aromatic heterocycles. The van der Waals surface area contributed by atoms with E-state index in [1.807, 2.05) is 44.2 Å². The minimum absolute atomic E-state index is 0.0485. The molecule has 1 heterocycles. The lowest BCUT2D eigenvalue weighted by Gasteiger charge is -2.21. The second-order valence-corrected chi connectivity index (χ2v) is 6.90. The van der Waals surface area contributed by atoms with Crippen LogP contribution >= 0.6 is 11.8 Å². The van der Waals surface area contributed by atoms with Crippen LogP contribution in [0.1, 0.15) is 28.4 Å². The summed E-state index contributed by atoms with van der Waals surface area (Å²) in [4.78, 5) is 24.9. The van der Waals surface area contributed by atoms with Crippen LogP contribution in [0.3, 0.4) is 0 Å². The molecule has 1 amide bonds. The average molecular weight is 327 g/mol. The molecule has 2 aromatic carbocycles. The molecular weight excluding hydrogens is 310 g/mol. The molecule has 23 heavy (non-hydrogen) atoms. The van der Waals surface area contributed by atoms with Crippen LogP contribution < -0.4 is 5.32 Å². The third-order valence-corrected chi connectivity index (χ3v) is 4.81. The van der Waals surface area contributed by atoms with Crippen molar-refractivity contribution in [2.75, 3.05) is 5.32 Å². The van der Waals surface area contributed by atoms with Crippen LogP contribution in [0.2, 0.25) is 0 Å². The maximum Gasteiger partial charge on any atom is 0.338 e. The molecule has 1 aliphatic heterocycles. The molecule has 0 saturated heterocycles. The predicted octanol–water partition coefficient (Wildman–Crippen LogP) is 3.78. The molecule has 1 atom stereocenters. The van der Waals surface area contributed by atoms with Crippen LogP contribution in [-0.2, 0) is 16.1 Å². The monoisotopic (exact) mass is 327 g/mol. The highest BCUT2D eigenvalue weighted by atomic mass is 32.2. The molecule has 118 valence electrons. The van der Waals surface area contributed by atoms with Gasteiger partial charge in [-0.25, -0.2) is 4.79 Å². The minimum atomic E-state index is -0.397. The van der Waals surface area contributed by atoms with Crippen LogP contribution in [0.4, 0.5) is 5.69 Å². The highest BCUT2D eigenvalue weighted by molar-refractivity contribution is 8.00. The number of esters is 1. The molecule has 1 unspecified atom stereocenters. The Balaban J connectivity index is 1.69. The van der Waals surface area contributed by atoms with Crippen LogP contribution in [0.25, 0.3) is 0 Å². The molecule has 0 radical (unpaired) electrons. The fourth-order valence-corrected chi connectivity index (χ4v) is 3.18. The first-order chi connectivity index (χ1) is 11.0. The first-order valence-electron chi connectivity index (χ1n) is 7.37. The summed E-state index contributed by atoms with van der Waals surface area (Å²) in [5.41, 5.74) is 3.21. The lowest BCUT2D eigenvalue weighted by Crippen LogP contribution is -2.26. The minimum Gasteiger partial charge on any atom is -0.457 e. The van der Waals surface area contributed by atoms with E-state index >= 15 is 0 Å². The van der Waals surface area contributed by atoms with Crippen LogP contribution in [0.5, 0.6) is 0 Å². The summed E-state index contributed by atoms with van der Waals surface area (Å²) in [6, 6.07) is 13.1. The number of benzene rings is 2. The van der Waals surface area contributed by atoms with Crippen molar-refractivity contribution < 1.29 is 14.3 Å². The highest BCUT2D eigenvalue weighted by Gasteiger charge is 2.23. The molecule has 0 saturated carbocycles. The van der Waals surface area contributed by atoms with E-state index in [1.54, 1.807) is 12.1 Å². The third-order valence-electron chi connectivity index (χ3n) is 3.64. The highest BCUT2D eigenvalue weighted by Crippen LogP contribution is 2.36. The van der Waals surface area contributed by atoms with E-state index < -0.39 is 5.97 Å². The maximum atomic E-state index is 12.2. The number of carbonyl (C=O) groups excluding carboxylic acids is 2. The Morgan fingerprint density at radius 3 is 2.70 bits per heavy atom. The number of rotatable bonds is 3. The number of ether oxygens (including phenoxy) is 1. The van der Waals surface area contributed by atoms with Crippen LogP contribution in [0.15, 0.2) is 47.4 Å². The Labute approximate surface area is 139 Å². The zero-order valence-electron chi connectivity index (χ0n) is 13.0. The van der Waals surface area contributed by atoms with Crippen molar-refractivity contribution in [3.05, 3.63) is 59.2 Å². The van der Waals surface area contributed by atoms with Gasteiger partial charge in [-0.05, 0) is 37.6 Å². The van der Waals surface area contributed by atoms with E-state index in [9.17, 15) is 9.59 Å². The second-order valence-electron chi connectivity index (χ2n) is 5.52. The molecule has 1 aliphatic rings. The van der Waals surface area contributed by atoms with E-state index in [2.05, 4.69) is 5.32 Å². The molecular formula is C18H17NO3S. The molecule has 0 bridgehead atoms. The Morgan fingerprint density at radius 1 is 1.22 bits per heavy atom. The summed E-state index contributed by atoms with van der Waals surface area (Å²) in [7, 11) is 0. The Hall–Kier alpha value is -2.27. The summed E-state index contributed by atoms with van der Waals surface area (Å²) in [6.07, 6.45) is 0. The van der Waals surface area contributed by atoms with Crippen LogP contribution in [0, 0.1) is 6.92 Å². The van der Waals surface area contributed by atoms with Gasteiger partial charge in [0.2, 0.25) is 5.91 Å². The van der Waals surface area contributed by atoms with Gasteiger partial charge >= 0.3 is 5.97 Å². The van der Waals surface area contributed by atoms with Gasteiger partial charge in [-0.1, -0.05) is 29.8 Å². The summed E-state index contributed by atoms with van der Waals surface area (Å²) in [5, 5.41) is 2.69. The van der Waals surface area contributed by atoms with Gasteiger partial charge in [0.05, 0.1) is 16.5 Å². The molecule has 0 fully saturated rings. The van der Waals surface area contributed by atoms with E-state index in [-0.39, 0.29) is 17.8 Å².